The summed E-state index contributed by atoms with van der Waals surface area (Å²) < 4.78 is 15.0. The third-order valence-electron chi connectivity index (χ3n) is 10.4. The largest absolute Gasteiger partial charge is 0.456 e. The highest BCUT2D eigenvalue weighted by Gasteiger charge is 2.22. The number of nitrogens with zero attached hydrogens (tertiary/aromatic N) is 3. The van der Waals surface area contributed by atoms with Gasteiger partial charge in [-0.3, -0.25) is 0 Å². The van der Waals surface area contributed by atoms with Gasteiger partial charge in [-0.25, -0.2) is 4.98 Å². The summed E-state index contributed by atoms with van der Waals surface area (Å²) in [5.74, 6) is 0.610. The molecular formula is C49H31N3O2. The third-order valence-corrected chi connectivity index (χ3v) is 10.4. The molecule has 0 saturated heterocycles. The van der Waals surface area contributed by atoms with Crippen molar-refractivity contribution in [1.82, 2.24) is 9.55 Å². The number of para-hydroxylation sites is 4. The van der Waals surface area contributed by atoms with Crippen molar-refractivity contribution in [2.24, 2.45) is 0 Å². The van der Waals surface area contributed by atoms with Crippen molar-refractivity contribution in [1.29, 1.82) is 0 Å². The van der Waals surface area contributed by atoms with E-state index in [0.29, 0.717) is 5.89 Å². The van der Waals surface area contributed by atoms with Crippen LogP contribution in [0.4, 0.5) is 17.1 Å². The SMILES string of the molecule is c1ccc(-c2ccc(N(c3ccc4oc5ccccc5c4c3)c3ccc4c5c(-c6nc7ccccc7o6)cccc5n(-c5ccccc5)c4c3)cc2)cc1. The summed E-state index contributed by atoms with van der Waals surface area (Å²) in [6.07, 6.45) is 0. The van der Waals surface area contributed by atoms with E-state index in [4.69, 9.17) is 13.8 Å². The molecule has 0 unspecified atom stereocenters. The van der Waals surface area contributed by atoms with Crippen LogP contribution in [0.2, 0.25) is 0 Å². The van der Waals surface area contributed by atoms with Gasteiger partial charge in [0, 0.05) is 49.9 Å². The maximum atomic E-state index is 6.37. The molecule has 5 nitrogen and oxygen atoms in total. The van der Waals surface area contributed by atoms with E-state index in [1.807, 2.05) is 36.4 Å². The van der Waals surface area contributed by atoms with Gasteiger partial charge >= 0.3 is 0 Å². The van der Waals surface area contributed by atoms with Crippen molar-refractivity contribution in [2.75, 3.05) is 4.90 Å². The van der Waals surface area contributed by atoms with E-state index in [2.05, 4.69) is 161 Å². The Morgan fingerprint density at radius 1 is 0.426 bits per heavy atom. The van der Waals surface area contributed by atoms with E-state index in [1.165, 1.54) is 11.1 Å². The Hall–Kier alpha value is -7.37. The maximum Gasteiger partial charge on any atom is 0.228 e. The van der Waals surface area contributed by atoms with Crippen LogP contribution < -0.4 is 4.90 Å². The molecule has 8 aromatic carbocycles. The summed E-state index contributed by atoms with van der Waals surface area (Å²) in [5.41, 5.74) is 13.0. The molecule has 54 heavy (non-hydrogen) atoms. The van der Waals surface area contributed by atoms with Gasteiger partial charge in [-0.1, -0.05) is 103 Å². The second kappa shape index (κ2) is 12.1. The molecule has 0 radical (unpaired) electrons. The number of hydrogen-bond donors (Lipinski definition) is 0. The molecule has 0 amide bonds. The van der Waals surface area contributed by atoms with Crippen molar-refractivity contribution in [2.45, 2.75) is 0 Å². The lowest BCUT2D eigenvalue weighted by Crippen LogP contribution is -2.10. The minimum Gasteiger partial charge on any atom is -0.456 e. The predicted octanol–water partition coefficient (Wildman–Crippen LogP) is 13.6. The molecule has 254 valence electrons. The lowest BCUT2D eigenvalue weighted by atomic mass is 10.0. The molecule has 0 spiro atoms. The second-order valence-corrected chi connectivity index (χ2v) is 13.6. The normalized spacial score (nSPS) is 11.7. The summed E-state index contributed by atoms with van der Waals surface area (Å²) in [4.78, 5) is 7.26. The molecule has 0 bridgehead atoms. The Bertz CT molecular complexity index is 3120. The van der Waals surface area contributed by atoms with E-state index in [9.17, 15) is 0 Å². The Balaban J connectivity index is 1.16. The highest BCUT2D eigenvalue weighted by atomic mass is 16.3. The smallest absolute Gasteiger partial charge is 0.228 e. The summed E-state index contributed by atoms with van der Waals surface area (Å²) in [7, 11) is 0. The molecule has 3 heterocycles. The number of aromatic nitrogens is 2. The van der Waals surface area contributed by atoms with Crippen LogP contribution in [0.5, 0.6) is 0 Å². The van der Waals surface area contributed by atoms with Crippen LogP contribution in [-0.4, -0.2) is 9.55 Å². The number of fused-ring (bicyclic) bond motifs is 7. The van der Waals surface area contributed by atoms with Crippen molar-refractivity contribution in [3.63, 3.8) is 0 Å². The zero-order valence-corrected chi connectivity index (χ0v) is 29.1. The quantitative estimate of drug-likeness (QED) is 0.174. The van der Waals surface area contributed by atoms with E-state index < -0.39 is 0 Å². The number of benzene rings is 8. The summed E-state index contributed by atoms with van der Waals surface area (Å²) in [5, 5.41) is 4.39. The molecule has 11 aromatic rings. The first kappa shape index (κ1) is 30.3. The van der Waals surface area contributed by atoms with E-state index in [-0.39, 0.29) is 0 Å². The van der Waals surface area contributed by atoms with Crippen LogP contribution in [0.1, 0.15) is 0 Å². The molecule has 11 rings (SSSR count). The molecule has 0 fully saturated rings. The van der Waals surface area contributed by atoms with Gasteiger partial charge < -0.3 is 18.3 Å². The fraction of sp³-hybridized carbons (Fsp3) is 0. The number of furan rings is 1. The standard InChI is InChI=1S/C49H31N3O2/c1-3-12-32(13-4-1)33-22-24-35(25-23-33)51(36-27-29-46-41(30-36)38-16-7-9-20-45(38)53-46)37-26-28-39-44(31-37)52(34-14-5-2-6-15-34)43-19-11-17-40(48(39)43)49-50-42-18-8-10-21-47(42)54-49/h1-31H. The van der Waals surface area contributed by atoms with Crippen LogP contribution in [0.25, 0.3) is 83.1 Å². The Morgan fingerprint density at radius 3 is 1.93 bits per heavy atom. The highest BCUT2D eigenvalue weighted by Crippen LogP contribution is 2.44. The van der Waals surface area contributed by atoms with E-state index in [1.54, 1.807) is 0 Å². The molecule has 0 aliphatic carbocycles. The number of oxazole rings is 1. The molecule has 3 aromatic heterocycles. The predicted molar refractivity (Wildman–Crippen MR) is 221 cm³/mol. The lowest BCUT2D eigenvalue weighted by molar-refractivity contribution is 0.620. The van der Waals surface area contributed by atoms with E-state index >= 15 is 0 Å². The van der Waals surface area contributed by atoms with Crippen molar-refractivity contribution in [3.8, 4) is 28.3 Å². The third kappa shape index (κ3) is 4.83. The maximum absolute atomic E-state index is 6.37. The second-order valence-electron chi connectivity index (χ2n) is 13.6. The minimum absolute atomic E-state index is 0.610. The Kier molecular flexibility index (Phi) is 6.79. The first-order valence-electron chi connectivity index (χ1n) is 18.1. The summed E-state index contributed by atoms with van der Waals surface area (Å²) in [6, 6.07) is 65.7. The van der Waals surface area contributed by atoms with Gasteiger partial charge in [0.1, 0.15) is 16.7 Å². The molecule has 5 heteroatoms. The number of anilines is 3. The number of hydrogen-bond acceptors (Lipinski definition) is 4. The van der Waals surface area contributed by atoms with Crippen molar-refractivity contribution in [3.05, 3.63) is 188 Å². The fourth-order valence-electron chi connectivity index (χ4n) is 7.95. The summed E-state index contributed by atoms with van der Waals surface area (Å²) >= 11 is 0. The zero-order chi connectivity index (χ0) is 35.6. The minimum atomic E-state index is 0.610. The molecule has 0 aliphatic rings. The number of rotatable bonds is 6. The van der Waals surface area contributed by atoms with Crippen LogP contribution in [-0.2, 0) is 0 Å². The molecule has 0 atom stereocenters. The average Bonchev–Trinajstić information content (AvgIpc) is 3.93. The Labute approximate surface area is 310 Å². The van der Waals surface area contributed by atoms with Crippen LogP contribution in [0.15, 0.2) is 197 Å². The highest BCUT2D eigenvalue weighted by molar-refractivity contribution is 6.16. The van der Waals surface area contributed by atoms with Gasteiger partial charge in [0.05, 0.1) is 11.0 Å². The topological polar surface area (TPSA) is 47.3 Å². The van der Waals surface area contributed by atoms with Gasteiger partial charge in [0.15, 0.2) is 5.58 Å². The van der Waals surface area contributed by atoms with Gasteiger partial charge in [0.25, 0.3) is 0 Å². The van der Waals surface area contributed by atoms with Gasteiger partial charge in [0.2, 0.25) is 5.89 Å². The summed E-state index contributed by atoms with van der Waals surface area (Å²) in [6.45, 7) is 0. The van der Waals surface area contributed by atoms with E-state index in [0.717, 1.165) is 83.2 Å². The molecule has 0 N–H and O–H groups in total. The first-order chi connectivity index (χ1) is 26.8. The fourth-order valence-corrected chi connectivity index (χ4v) is 7.95. The molecule has 0 saturated carbocycles. The first-order valence-corrected chi connectivity index (χ1v) is 18.1. The molecular weight excluding hydrogens is 663 g/mol. The van der Waals surface area contributed by atoms with Gasteiger partial charge in [-0.2, -0.15) is 0 Å². The van der Waals surface area contributed by atoms with Gasteiger partial charge in [-0.05, 0) is 96.1 Å². The van der Waals surface area contributed by atoms with Crippen LogP contribution in [0.3, 0.4) is 0 Å². The lowest BCUT2D eigenvalue weighted by Gasteiger charge is -2.26. The average molecular weight is 694 g/mol. The monoisotopic (exact) mass is 693 g/mol. The van der Waals surface area contributed by atoms with Crippen molar-refractivity contribution < 1.29 is 8.83 Å². The van der Waals surface area contributed by atoms with Gasteiger partial charge in [-0.15, -0.1) is 0 Å². The van der Waals surface area contributed by atoms with Crippen LogP contribution in [0, 0.1) is 0 Å². The zero-order valence-electron chi connectivity index (χ0n) is 29.1. The Morgan fingerprint density at radius 2 is 1.09 bits per heavy atom. The molecule has 0 aliphatic heterocycles. The van der Waals surface area contributed by atoms with Crippen LogP contribution >= 0.6 is 0 Å². The van der Waals surface area contributed by atoms with Crippen molar-refractivity contribution >= 4 is 71.9 Å².